The normalized spacial score (nSPS) is 13.5. The van der Waals surface area contributed by atoms with E-state index in [1.54, 1.807) is 13.0 Å². The molecule has 0 aromatic heterocycles. The Labute approximate surface area is 115 Å². The maximum Gasteiger partial charge on any atom is 0.156 e. The molecule has 0 bridgehead atoms. The quantitative estimate of drug-likeness (QED) is 0.831. The third-order valence-electron chi connectivity index (χ3n) is 3.32. The van der Waals surface area contributed by atoms with E-state index in [1.165, 1.54) is 0 Å². The minimum atomic E-state index is -3.11. The van der Waals surface area contributed by atoms with Crippen LogP contribution in [0.4, 0.5) is 0 Å². The van der Waals surface area contributed by atoms with Crippen molar-refractivity contribution in [3.8, 4) is 5.75 Å². The summed E-state index contributed by atoms with van der Waals surface area (Å²) in [4.78, 5) is 0. The Morgan fingerprint density at radius 1 is 1.21 bits per heavy atom. The summed E-state index contributed by atoms with van der Waals surface area (Å²) in [5.74, 6) is 0.810. The van der Waals surface area contributed by atoms with Crippen LogP contribution in [0.5, 0.6) is 5.75 Å². The second-order valence-corrected chi connectivity index (χ2v) is 7.45. The van der Waals surface area contributed by atoms with Crippen LogP contribution in [-0.4, -0.2) is 26.0 Å². The summed E-state index contributed by atoms with van der Waals surface area (Å²) < 4.78 is 29.6. The average molecular weight is 285 g/mol. The van der Waals surface area contributed by atoms with Crippen molar-refractivity contribution in [2.75, 3.05) is 12.4 Å². The highest BCUT2D eigenvalue weighted by Crippen LogP contribution is 2.18. The van der Waals surface area contributed by atoms with Crippen LogP contribution in [0.3, 0.4) is 0 Å². The van der Waals surface area contributed by atoms with E-state index in [-0.39, 0.29) is 23.5 Å². The first-order valence-corrected chi connectivity index (χ1v) is 8.22. The third kappa shape index (κ3) is 4.51. The predicted molar refractivity (Wildman–Crippen MR) is 77.9 cm³/mol. The Balaban J connectivity index is 2.59. The van der Waals surface area contributed by atoms with Crippen LogP contribution >= 0.6 is 0 Å². The van der Waals surface area contributed by atoms with E-state index in [0.717, 1.165) is 5.56 Å². The fourth-order valence-corrected chi connectivity index (χ4v) is 3.20. The summed E-state index contributed by atoms with van der Waals surface area (Å²) in [6, 6.07) is 7.41. The largest absolute Gasteiger partial charge is 0.492 e. The van der Waals surface area contributed by atoms with Gasteiger partial charge in [0, 0.05) is 12.1 Å². The van der Waals surface area contributed by atoms with Gasteiger partial charge in [-0.05, 0) is 18.9 Å². The zero-order chi connectivity index (χ0) is 14.5. The third-order valence-corrected chi connectivity index (χ3v) is 5.74. The summed E-state index contributed by atoms with van der Waals surface area (Å²) in [6.07, 6.45) is 0. The van der Waals surface area contributed by atoms with Gasteiger partial charge < -0.3 is 10.5 Å². The second-order valence-electron chi connectivity index (χ2n) is 4.98. The molecule has 1 unspecified atom stereocenters. The summed E-state index contributed by atoms with van der Waals surface area (Å²) in [5, 5.41) is -0.346. The molecular formula is C14H23NO3S. The highest BCUT2D eigenvalue weighted by Gasteiger charge is 2.23. The molecule has 19 heavy (non-hydrogen) atoms. The molecule has 0 aliphatic rings. The van der Waals surface area contributed by atoms with Crippen LogP contribution in [0.1, 0.15) is 26.3 Å². The van der Waals surface area contributed by atoms with Crippen LogP contribution in [0.15, 0.2) is 24.3 Å². The average Bonchev–Trinajstić information content (AvgIpc) is 2.38. The van der Waals surface area contributed by atoms with E-state index in [1.807, 2.05) is 32.0 Å². The molecular weight excluding hydrogens is 262 g/mol. The number of ether oxygens (including phenoxy) is 1. The van der Waals surface area contributed by atoms with Gasteiger partial charge in [-0.2, -0.15) is 0 Å². The highest BCUT2D eigenvalue weighted by atomic mass is 32.2. The molecule has 1 atom stereocenters. The molecule has 2 N–H and O–H groups in total. The van der Waals surface area contributed by atoms with E-state index < -0.39 is 9.84 Å². The molecule has 0 spiro atoms. The lowest BCUT2D eigenvalue weighted by atomic mass is 10.2. The molecule has 4 nitrogen and oxygen atoms in total. The number of nitrogens with two attached hydrogens (primary N) is 1. The van der Waals surface area contributed by atoms with E-state index in [9.17, 15) is 8.42 Å². The number of para-hydroxylation sites is 1. The second kappa shape index (κ2) is 6.91. The Morgan fingerprint density at radius 3 is 2.42 bits per heavy atom. The molecule has 1 rings (SSSR count). The van der Waals surface area contributed by atoms with E-state index in [4.69, 9.17) is 10.5 Å². The minimum absolute atomic E-state index is 0.0330. The van der Waals surface area contributed by atoms with Crippen molar-refractivity contribution in [3.63, 3.8) is 0 Å². The smallest absolute Gasteiger partial charge is 0.156 e. The van der Waals surface area contributed by atoms with Crippen molar-refractivity contribution in [2.24, 2.45) is 11.7 Å². The number of rotatable bonds is 7. The summed E-state index contributed by atoms with van der Waals surface area (Å²) in [5.41, 5.74) is 6.48. The molecule has 0 amide bonds. The van der Waals surface area contributed by atoms with Crippen molar-refractivity contribution < 1.29 is 13.2 Å². The minimum Gasteiger partial charge on any atom is -0.492 e. The van der Waals surface area contributed by atoms with Gasteiger partial charge in [0.2, 0.25) is 0 Å². The first kappa shape index (κ1) is 16.0. The van der Waals surface area contributed by atoms with Gasteiger partial charge in [0.05, 0.1) is 11.0 Å². The SMILES string of the molecule is CC(C)C(C)S(=O)(=O)CCOc1ccccc1CN. The van der Waals surface area contributed by atoms with Crippen LogP contribution in [-0.2, 0) is 16.4 Å². The molecule has 1 aromatic rings. The first-order chi connectivity index (χ1) is 8.88. The van der Waals surface area contributed by atoms with Gasteiger partial charge in [-0.25, -0.2) is 8.42 Å². The van der Waals surface area contributed by atoms with Gasteiger partial charge in [-0.3, -0.25) is 0 Å². The molecule has 108 valence electrons. The molecule has 0 heterocycles. The molecule has 0 fully saturated rings. The van der Waals surface area contributed by atoms with Crippen LogP contribution in [0.2, 0.25) is 0 Å². The Kier molecular flexibility index (Phi) is 5.82. The molecule has 0 aliphatic carbocycles. The Morgan fingerprint density at radius 2 is 1.84 bits per heavy atom. The highest BCUT2D eigenvalue weighted by molar-refractivity contribution is 7.92. The van der Waals surface area contributed by atoms with Crippen molar-refractivity contribution in [2.45, 2.75) is 32.6 Å². The van der Waals surface area contributed by atoms with Gasteiger partial charge in [-0.1, -0.05) is 32.0 Å². The lowest BCUT2D eigenvalue weighted by Crippen LogP contribution is -2.28. The van der Waals surface area contributed by atoms with Crippen molar-refractivity contribution in [1.82, 2.24) is 0 Å². The summed E-state index contributed by atoms with van der Waals surface area (Å²) in [7, 11) is -3.11. The van der Waals surface area contributed by atoms with Crippen LogP contribution < -0.4 is 10.5 Å². The van der Waals surface area contributed by atoms with E-state index in [0.29, 0.717) is 12.3 Å². The monoisotopic (exact) mass is 285 g/mol. The first-order valence-electron chi connectivity index (χ1n) is 6.51. The maximum atomic E-state index is 12.0. The van der Waals surface area contributed by atoms with Gasteiger partial charge in [0.25, 0.3) is 0 Å². The number of hydrogen-bond donors (Lipinski definition) is 1. The number of sulfone groups is 1. The van der Waals surface area contributed by atoms with Crippen LogP contribution in [0.25, 0.3) is 0 Å². The van der Waals surface area contributed by atoms with Gasteiger partial charge in [-0.15, -0.1) is 0 Å². The summed E-state index contributed by atoms with van der Waals surface area (Å²) >= 11 is 0. The number of benzene rings is 1. The van der Waals surface area contributed by atoms with Crippen molar-refractivity contribution in [3.05, 3.63) is 29.8 Å². The van der Waals surface area contributed by atoms with Crippen LogP contribution in [0, 0.1) is 5.92 Å². The van der Waals surface area contributed by atoms with Crippen molar-refractivity contribution >= 4 is 9.84 Å². The summed E-state index contributed by atoms with van der Waals surface area (Å²) in [6.45, 7) is 6.11. The van der Waals surface area contributed by atoms with Crippen molar-refractivity contribution in [1.29, 1.82) is 0 Å². The van der Waals surface area contributed by atoms with E-state index in [2.05, 4.69) is 0 Å². The fourth-order valence-electron chi connectivity index (χ4n) is 1.68. The zero-order valence-corrected chi connectivity index (χ0v) is 12.6. The zero-order valence-electron chi connectivity index (χ0n) is 11.8. The molecule has 5 heteroatoms. The number of hydrogen-bond acceptors (Lipinski definition) is 4. The van der Waals surface area contributed by atoms with Gasteiger partial charge >= 0.3 is 0 Å². The maximum absolute atomic E-state index is 12.0. The standard InChI is InChI=1S/C14H23NO3S/c1-11(2)12(3)19(16,17)9-8-18-14-7-5-4-6-13(14)10-15/h4-7,11-12H,8-10,15H2,1-3H3. The van der Waals surface area contributed by atoms with Gasteiger partial charge in [0.1, 0.15) is 12.4 Å². The molecule has 0 saturated heterocycles. The Bertz CT molecular complexity index is 497. The van der Waals surface area contributed by atoms with E-state index >= 15 is 0 Å². The molecule has 0 aliphatic heterocycles. The molecule has 0 saturated carbocycles. The molecule has 0 radical (unpaired) electrons. The lowest BCUT2D eigenvalue weighted by Gasteiger charge is -2.17. The molecule has 1 aromatic carbocycles. The fraction of sp³-hybridized carbons (Fsp3) is 0.571. The topological polar surface area (TPSA) is 69.4 Å². The predicted octanol–water partition coefficient (Wildman–Crippen LogP) is 1.98. The Hall–Kier alpha value is -1.07. The lowest BCUT2D eigenvalue weighted by molar-refractivity contribution is 0.336. The van der Waals surface area contributed by atoms with Gasteiger partial charge in [0.15, 0.2) is 9.84 Å².